The van der Waals surface area contributed by atoms with Crippen molar-refractivity contribution in [3.05, 3.63) is 200 Å². The zero-order valence-corrected chi connectivity index (χ0v) is 31.3. The van der Waals surface area contributed by atoms with Crippen LogP contribution in [0.4, 0.5) is 11.4 Å². The summed E-state index contributed by atoms with van der Waals surface area (Å²) in [6, 6.07) is 61.3. The summed E-state index contributed by atoms with van der Waals surface area (Å²) in [4.78, 5) is 2.51. The maximum atomic E-state index is 6.76. The summed E-state index contributed by atoms with van der Waals surface area (Å²) >= 11 is 0. The minimum atomic E-state index is 0.193. The van der Waals surface area contributed by atoms with E-state index in [0.717, 1.165) is 77.5 Å². The van der Waals surface area contributed by atoms with Crippen molar-refractivity contribution in [2.45, 2.75) is 12.0 Å². The molecule has 0 radical (unpaired) electrons. The predicted molar refractivity (Wildman–Crippen MR) is 240 cm³/mol. The van der Waals surface area contributed by atoms with Crippen molar-refractivity contribution in [1.29, 1.82) is 0 Å². The molecule has 4 nitrogen and oxygen atoms in total. The highest BCUT2D eigenvalue weighted by molar-refractivity contribution is 6.14. The highest BCUT2D eigenvalue weighted by Crippen LogP contribution is 2.50. The molecule has 58 heavy (non-hydrogen) atoms. The smallest absolute Gasteiger partial charge is 0.143 e. The van der Waals surface area contributed by atoms with Crippen LogP contribution in [0.3, 0.4) is 0 Å². The lowest BCUT2D eigenvalue weighted by Gasteiger charge is -2.29. The van der Waals surface area contributed by atoms with Gasteiger partial charge in [0.1, 0.15) is 22.3 Å². The van der Waals surface area contributed by atoms with E-state index in [1.807, 2.05) is 6.07 Å². The summed E-state index contributed by atoms with van der Waals surface area (Å²) in [6.07, 6.45) is 9.03. The monoisotopic (exact) mass is 742 g/mol. The fourth-order valence-electron chi connectivity index (χ4n) is 9.96. The second-order valence-electron chi connectivity index (χ2n) is 15.6. The third kappa shape index (κ3) is 4.45. The normalized spacial score (nSPS) is 16.1. The number of hydrogen-bond acceptors (Lipinski definition) is 3. The average Bonchev–Trinajstić information content (AvgIpc) is 4.04. The standard InChI is InChI=1S/C54H34N2O2/c1-6-22-47-38(15-1)39-16-2-7-23-48(39)55(47)35-27-28-52-45(30-35)43-21-12-20-37(53(43)58-52)33-13-11-14-34(29-33)44-31-36(32-46-42-19-5-10-26-51(42)57-54(44)46)56-49-24-8-3-17-40(49)41-18-4-9-25-50(41)56/h1-32,40,49H. The number of aromatic nitrogens is 1. The first-order valence-corrected chi connectivity index (χ1v) is 20.0. The summed E-state index contributed by atoms with van der Waals surface area (Å²) < 4.78 is 15.8. The largest absolute Gasteiger partial charge is 0.455 e. The molecular formula is C54H34N2O2. The van der Waals surface area contributed by atoms with Gasteiger partial charge in [0.05, 0.1) is 17.1 Å². The second-order valence-corrected chi connectivity index (χ2v) is 15.6. The van der Waals surface area contributed by atoms with Crippen LogP contribution in [0.2, 0.25) is 0 Å². The average molecular weight is 743 g/mol. The molecule has 1 aliphatic carbocycles. The van der Waals surface area contributed by atoms with Gasteiger partial charge in [-0.25, -0.2) is 0 Å². The third-order valence-electron chi connectivity index (χ3n) is 12.5. The molecule has 0 saturated carbocycles. The van der Waals surface area contributed by atoms with E-state index in [4.69, 9.17) is 8.83 Å². The lowest BCUT2D eigenvalue weighted by molar-refractivity contribution is 0.669. The van der Waals surface area contributed by atoms with Crippen molar-refractivity contribution in [1.82, 2.24) is 4.57 Å². The molecule has 4 heterocycles. The number of nitrogens with zero attached hydrogens (tertiary/aromatic N) is 2. The van der Waals surface area contributed by atoms with Crippen LogP contribution in [0.25, 0.3) is 93.6 Å². The predicted octanol–water partition coefficient (Wildman–Crippen LogP) is 14.6. The fourth-order valence-corrected chi connectivity index (χ4v) is 9.96. The van der Waals surface area contributed by atoms with Gasteiger partial charge in [-0.2, -0.15) is 0 Å². The van der Waals surface area contributed by atoms with E-state index < -0.39 is 0 Å². The number of benzene rings is 8. The molecule has 0 spiro atoms. The number of fused-ring (bicyclic) bond motifs is 12. The molecule has 0 bridgehead atoms. The van der Waals surface area contributed by atoms with E-state index in [9.17, 15) is 0 Å². The van der Waals surface area contributed by atoms with Gasteiger partial charge < -0.3 is 18.3 Å². The van der Waals surface area contributed by atoms with Crippen LogP contribution >= 0.6 is 0 Å². The van der Waals surface area contributed by atoms with Crippen LogP contribution in [-0.4, -0.2) is 10.6 Å². The molecule has 1 aliphatic heterocycles. The Labute approximate surface area is 333 Å². The van der Waals surface area contributed by atoms with E-state index >= 15 is 0 Å². The molecule has 11 aromatic rings. The topological polar surface area (TPSA) is 34.5 Å². The van der Waals surface area contributed by atoms with Gasteiger partial charge >= 0.3 is 0 Å². The first-order valence-electron chi connectivity index (χ1n) is 20.0. The minimum Gasteiger partial charge on any atom is -0.455 e. The Bertz CT molecular complexity index is 3500. The lowest BCUT2D eigenvalue weighted by Crippen LogP contribution is -2.28. The maximum Gasteiger partial charge on any atom is 0.143 e. The second kappa shape index (κ2) is 12.0. The minimum absolute atomic E-state index is 0.193. The summed E-state index contributed by atoms with van der Waals surface area (Å²) in [5.74, 6) is 0.298. The van der Waals surface area contributed by atoms with E-state index in [2.05, 4.69) is 198 Å². The molecule has 2 aliphatic rings. The Morgan fingerprint density at radius 1 is 0.414 bits per heavy atom. The van der Waals surface area contributed by atoms with Gasteiger partial charge in [-0.15, -0.1) is 0 Å². The van der Waals surface area contributed by atoms with E-state index in [0.29, 0.717) is 5.92 Å². The number of para-hydroxylation sites is 5. The van der Waals surface area contributed by atoms with Crippen LogP contribution in [0.1, 0.15) is 11.5 Å². The van der Waals surface area contributed by atoms with Gasteiger partial charge in [0.25, 0.3) is 0 Å². The SMILES string of the molecule is C1=CC2c3ccccc3N(c3cc(-c4cccc(-c5cccc6c5oc5ccc(-n7c8ccccc8c8ccccc87)cc56)c4)c4oc5ccccc5c4c3)C2C=C1. The van der Waals surface area contributed by atoms with Crippen molar-refractivity contribution in [3.8, 4) is 27.9 Å². The Kier molecular flexibility index (Phi) is 6.53. The molecule has 2 atom stereocenters. The van der Waals surface area contributed by atoms with E-state index in [1.54, 1.807) is 0 Å². The molecule has 3 aromatic heterocycles. The summed E-state index contributed by atoms with van der Waals surface area (Å²) in [5.41, 5.74) is 15.1. The highest BCUT2D eigenvalue weighted by atomic mass is 16.3. The van der Waals surface area contributed by atoms with Gasteiger partial charge in [0.2, 0.25) is 0 Å². The number of allylic oxidation sites excluding steroid dienone is 2. The highest BCUT2D eigenvalue weighted by Gasteiger charge is 2.37. The molecular weight excluding hydrogens is 709 g/mol. The Balaban J connectivity index is 0.978. The number of rotatable bonds is 4. The summed E-state index contributed by atoms with van der Waals surface area (Å²) in [7, 11) is 0. The van der Waals surface area contributed by atoms with Crippen molar-refractivity contribution in [3.63, 3.8) is 0 Å². The fraction of sp³-hybridized carbons (Fsp3) is 0.0370. The molecule has 0 N–H and O–H groups in total. The first kappa shape index (κ1) is 31.6. The molecule has 2 unspecified atom stereocenters. The number of furan rings is 2. The first-order chi connectivity index (χ1) is 28.8. The van der Waals surface area contributed by atoms with Gasteiger partial charge in [-0.3, -0.25) is 0 Å². The number of hydrogen-bond donors (Lipinski definition) is 0. The maximum absolute atomic E-state index is 6.76. The zero-order valence-electron chi connectivity index (χ0n) is 31.3. The molecule has 272 valence electrons. The number of anilines is 2. The van der Waals surface area contributed by atoms with Crippen molar-refractivity contribution in [2.24, 2.45) is 0 Å². The van der Waals surface area contributed by atoms with Crippen molar-refractivity contribution >= 4 is 77.1 Å². The van der Waals surface area contributed by atoms with Crippen LogP contribution in [0.5, 0.6) is 0 Å². The molecule has 0 fully saturated rings. The Hall–Kier alpha value is -7.56. The van der Waals surface area contributed by atoms with Crippen LogP contribution in [0.15, 0.2) is 203 Å². The van der Waals surface area contributed by atoms with Crippen LogP contribution in [-0.2, 0) is 0 Å². The lowest BCUT2D eigenvalue weighted by atomic mass is 9.91. The third-order valence-corrected chi connectivity index (χ3v) is 12.5. The van der Waals surface area contributed by atoms with Gasteiger partial charge in [0, 0.05) is 66.4 Å². The summed E-state index contributed by atoms with van der Waals surface area (Å²) in [6.45, 7) is 0. The molecule has 4 heteroatoms. The molecule has 0 saturated heterocycles. The summed E-state index contributed by atoms with van der Waals surface area (Å²) in [5, 5.41) is 6.93. The van der Waals surface area contributed by atoms with Crippen LogP contribution < -0.4 is 4.90 Å². The Morgan fingerprint density at radius 3 is 1.90 bits per heavy atom. The zero-order chi connectivity index (χ0) is 37.9. The Morgan fingerprint density at radius 2 is 1.05 bits per heavy atom. The van der Waals surface area contributed by atoms with Gasteiger partial charge in [-0.05, 0) is 77.4 Å². The van der Waals surface area contributed by atoms with Crippen molar-refractivity contribution in [2.75, 3.05) is 4.90 Å². The molecule has 8 aromatic carbocycles. The van der Waals surface area contributed by atoms with Gasteiger partial charge in [-0.1, -0.05) is 133 Å². The van der Waals surface area contributed by atoms with Crippen LogP contribution in [0, 0.1) is 0 Å². The molecule has 0 amide bonds. The molecule has 13 rings (SSSR count). The van der Waals surface area contributed by atoms with Crippen molar-refractivity contribution < 1.29 is 8.83 Å². The van der Waals surface area contributed by atoms with E-state index in [-0.39, 0.29) is 6.04 Å². The van der Waals surface area contributed by atoms with Gasteiger partial charge in [0.15, 0.2) is 0 Å². The van der Waals surface area contributed by atoms with E-state index in [1.165, 1.54) is 33.1 Å². The quantitative estimate of drug-likeness (QED) is 0.180.